The van der Waals surface area contributed by atoms with E-state index in [1.54, 1.807) is 12.1 Å². The molecule has 0 amide bonds. The quantitative estimate of drug-likeness (QED) is 0.659. The van der Waals surface area contributed by atoms with E-state index in [1.165, 1.54) is 12.1 Å². The molecule has 1 aromatic rings. The number of non-ortho nitro benzene ring substituents is 1. The van der Waals surface area contributed by atoms with Crippen LogP contribution in [0.5, 0.6) is 0 Å². The summed E-state index contributed by atoms with van der Waals surface area (Å²) in [4.78, 5) is 10.1. The van der Waals surface area contributed by atoms with Gasteiger partial charge >= 0.3 is 0 Å². The Bertz CT molecular complexity index is 420. The Kier molecular flexibility index (Phi) is 3.49. The van der Waals surface area contributed by atoms with Crippen LogP contribution in [-0.2, 0) is 9.47 Å². The first-order valence-corrected chi connectivity index (χ1v) is 5.75. The molecular weight excluding hydrogens is 236 g/mol. The summed E-state index contributed by atoms with van der Waals surface area (Å²) in [5, 5.41) is 13.7. The minimum atomic E-state index is -0.534. The highest BCUT2D eigenvalue weighted by Crippen LogP contribution is 2.21. The van der Waals surface area contributed by atoms with Crippen molar-refractivity contribution in [2.45, 2.75) is 25.7 Å². The van der Waals surface area contributed by atoms with Crippen molar-refractivity contribution in [3.05, 3.63) is 34.4 Å². The highest BCUT2D eigenvalue weighted by molar-refractivity contribution is 5.49. The van der Waals surface area contributed by atoms with Crippen molar-refractivity contribution in [2.24, 2.45) is 0 Å². The van der Waals surface area contributed by atoms with Gasteiger partial charge in [0, 0.05) is 17.8 Å². The number of anilines is 1. The highest BCUT2D eigenvalue weighted by Gasteiger charge is 2.28. The third kappa shape index (κ3) is 3.18. The molecule has 1 saturated heterocycles. The predicted molar refractivity (Wildman–Crippen MR) is 66.5 cm³/mol. The number of nitro groups is 1. The van der Waals surface area contributed by atoms with E-state index in [0.717, 1.165) is 5.69 Å². The van der Waals surface area contributed by atoms with Crippen molar-refractivity contribution in [2.75, 3.05) is 18.5 Å². The first-order valence-electron chi connectivity index (χ1n) is 5.75. The van der Waals surface area contributed by atoms with Gasteiger partial charge in [-0.1, -0.05) is 0 Å². The first-order chi connectivity index (χ1) is 8.46. The van der Waals surface area contributed by atoms with Gasteiger partial charge in [-0.3, -0.25) is 10.1 Å². The smallest absolute Gasteiger partial charge is 0.269 e. The molecule has 18 heavy (non-hydrogen) atoms. The minimum absolute atomic E-state index is 0.0551. The Labute approximate surface area is 105 Å². The van der Waals surface area contributed by atoms with Crippen LogP contribution in [0, 0.1) is 10.1 Å². The van der Waals surface area contributed by atoms with Crippen LogP contribution >= 0.6 is 0 Å². The Morgan fingerprint density at radius 1 is 1.28 bits per heavy atom. The Hall–Kier alpha value is -1.66. The third-order valence-corrected chi connectivity index (χ3v) is 2.71. The molecule has 0 spiro atoms. The van der Waals surface area contributed by atoms with E-state index >= 15 is 0 Å². The molecule has 0 atom stereocenters. The van der Waals surface area contributed by atoms with Gasteiger partial charge < -0.3 is 14.8 Å². The molecule has 0 saturated carbocycles. The summed E-state index contributed by atoms with van der Waals surface area (Å²) in [5.41, 5.74) is 0.898. The lowest BCUT2D eigenvalue weighted by atomic mass is 10.2. The average Bonchev–Trinajstić information content (AvgIpc) is 2.33. The van der Waals surface area contributed by atoms with Gasteiger partial charge in [0.25, 0.3) is 5.69 Å². The number of nitro benzene ring substituents is 1. The summed E-state index contributed by atoms with van der Waals surface area (Å²) < 4.78 is 11.0. The van der Waals surface area contributed by atoms with E-state index in [4.69, 9.17) is 9.47 Å². The lowest BCUT2D eigenvalue weighted by Crippen LogP contribution is -2.45. The zero-order valence-corrected chi connectivity index (χ0v) is 10.4. The zero-order valence-electron chi connectivity index (χ0n) is 10.4. The fraction of sp³-hybridized carbons (Fsp3) is 0.500. The largest absolute Gasteiger partial charge is 0.378 e. The molecule has 0 radical (unpaired) electrons. The van der Waals surface area contributed by atoms with Gasteiger partial charge in [0.2, 0.25) is 0 Å². The molecule has 6 nitrogen and oxygen atoms in total. The molecule has 1 aromatic carbocycles. The second-order valence-corrected chi connectivity index (χ2v) is 4.67. The molecule has 1 aliphatic rings. The third-order valence-electron chi connectivity index (χ3n) is 2.71. The van der Waals surface area contributed by atoms with E-state index in [2.05, 4.69) is 5.32 Å². The molecule has 98 valence electrons. The Morgan fingerprint density at radius 3 is 2.33 bits per heavy atom. The maximum Gasteiger partial charge on any atom is 0.269 e. The van der Waals surface area contributed by atoms with E-state index in [-0.39, 0.29) is 11.7 Å². The van der Waals surface area contributed by atoms with Crippen LogP contribution in [0.25, 0.3) is 0 Å². The predicted octanol–water partition coefficient (Wildman–Crippen LogP) is 2.16. The normalized spacial score (nSPS) is 19.4. The molecular formula is C12H16N2O4. The van der Waals surface area contributed by atoms with Crippen molar-refractivity contribution in [1.82, 2.24) is 0 Å². The number of nitrogens with zero attached hydrogens (tertiary/aromatic N) is 1. The topological polar surface area (TPSA) is 73.6 Å². The van der Waals surface area contributed by atoms with Crippen LogP contribution in [0.4, 0.5) is 11.4 Å². The summed E-state index contributed by atoms with van der Waals surface area (Å²) in [5.74, 6) is -0.534. The van der Waals surface area contributed by atoms with E-state index in [9.17, 15) is 10.1 Å². The molecule has 2 rings (SSSR count). The fourth-order valence-electron chi connectivity index (χ4n) is 1.69. The molecule has 0 unspecified atom stereocenters. The molecule has 1 fully saturated rings. The van der Waals surface area contributed by atoms with Crippen LogP contribution in [0.3, 0.4) is 0 Å². The number of nitrogens with one attached hydrogen (secondary N) is 1. The second-order valence-electron chi connectivity index (χ2n) is 4.67. The lowest BCUT2D eigenvalue weighted by molar-refractivity contribution is -0.384. The van der Waals surface area contributed by atoms with Crippen molar-refractivity contribution in [1.29, 1.82) is 0 Å². The Morgan fingerprint density at radius 2 is 1.83 bits per heavy atom. The van der Waals surface area contributed by atoms with E-state index in [0.29, 0.717) is 13.2 Å². The summed E-state index contributed by atoms with van der Waals surface area (Å²) in [7, 11) is 0. The summed E-state index contributed by atoms with van der Waals surface area (Å²) >= 11 is 0. The molecule has 0 bridgehead atoms. The van der Waals surface area contributed by atoms with Gasteiger partial charge in [-0.2, -0.15) is 0 Å². The van der Waals surface area contributed by atoms with Gasteiger partial charge in [0.05, 0.1) is 24.2 Å². The highest BCUT2D eigenvalue weighted by atomic mass is 16.7. The van der Waals surface area contributed by atoms with Gasteiger partial charge in [-0.15, -0.1) is 0 Å². The molecule has 0 aliphatic carbocycles. The van der Waals surface area contributed by atoms with E-state index < -0.39 is 10.7 Å². The van der Waals surface area contributed by atoms with Gasteiger partial charge in [-0.05, 0) is 26.0 Å². The lowest BCUT2D eigenvalue weighted by Gasteiger charge is -2.35. The van der Waals surface area contributed by atoms with Crippen LogP contribution in [0.2, 0.25) is 0 Å². The maximum absolute atomic E-state index is 10.5. The van der Waals surface area contributed by atoms with Crippen molar-refractivity contribution in [3.63, 3.8) is 0 Å². The van der Waals surface area contributed by atoms with Crippen molar-refractivity contribution < 1.29 is 14.4 Å². The van der Waals surface area contributed by atoms with Crippen molar-refractivity contribution in [3.8, 4) is 0 Å². The first kappa shape index (κ1) is 12.8. The molecule has 0 aromatic heterocycles. The second kappa shape index (κ2) is 4.91. The van der Waals surface area contributed by atoms with Gasteiger partial charge in [0.15, 0.2) is 5.79 Å². The van der Waals surface area contributed by atoms with Gasteiger partial charge in [-0.25, -0.2) is 0 Å². The number of ether oxygens (including phenoxy) is 2. The Balaban J connectivity index is 1.92. The van der Waals surface area contributed by atoms with Crippen LogP contribution in [0.15, 0.2) is 24.3 Å². The average molecular weight is 252 g/mol. The van der Waals surface area contributed by atoms with Gasteiger partial charge in [0.1, 0.15) is 0 Å². The minimum Gasteiger partial charge on any atom is -0.378 e. The van der Waals surface area contributed by atoms with Crippen molar-refractivity contribution >= 4 is 11.4 Å². The maximum atomic E-state index is 10.5. The standard InChI is InChI=1S/C12H16N2O4/c1-12(2)17-7-10(8-18-12)13-9-3-5-11(6-4-9)14(15)16/h3-6,10,13H,7-8H2,1-2H3. The number of hydrogen-bond acceptors (Lipinski definition) is 5. The zero-order chi connectivity index (χ0) is 13.2. The number of rotatable bonds is 3. The monoisotopic (exact) mass is 252 g/mol. The summed E-state index contributed by atoms with van der Waals surface area (Å²) in [6, 6.07) is 6.35. The number of benzene rings is 1. The SMILES string of the molecule is CC1(C)OCC(Nc2ccc([N+](=O)[O-])cc2)CO1. The molecule has 1 aliphatic heterocycles. The molecule has 1 heterocycles. The number of hydrogen-bond donors (Lipinski definition) is 1. The summed E-state index contributed by atoms with van der Waals surface area (Å²) in [6.07, 6.45) is 0. The van der Waals surface area contributed by atoms with Crippen LogP contribution < -0.4 is 5.32 Å². The molecule has 1 N–H and O–H groups in total. The molecule has 6 heteroatoms. The van der Waals surface area contributed by atoms with Crippen LogP contribution in [0.1, 0.15) is 13.8 Å². The summed E-state index contributed by atoms with van der Waals surface area (Å²) in [6.45, 7) is 4.83. The van der Waals surface area contributed by atoms with Crippen LogP contribution in [-0.4, -0.2) is 30.0 Å². The van der Waals surface area contributed by atoms with E-state index in [1.807, 2.05) is 13.8 Å². The fourth-order valence-corrected chi connectivity index (χ4v) is 1.69.